The highest BCUT2D eigenvalue weighted by atomic mass is 15.1. The minimum absolute atomic E-state index is 1.10. The minimum atomic E-state index is 1.10. The monoisotopic (exact) mass is 424 g/mol. The number of hydrogen-bond donors (Lipinski definition) is 0. The van der Waals surface area contributed by atoms with Crippen LogP contribution in [0.15, 0.2) is 36.5 Å². The van der Waals surface area contributed by atoms with Crippen molar-refractivity contribution in [3.63, 3.8) is 0 Å². The molecular weight excluding hydrogens is 376 g/mol. The van der Waals surface area contributed by atoms with E-state index in [0.29, 0.717) is 0 Å². The number of benzene rings is 1. The fourth-order valence-electron chi connectivity index (χ4n) is 4.45. The number of aromatic nitrogens is 2. The normalized spacial score (nSPS) is 11.3. The van der Waals surface area contributed by atoms with Crippen LogP contribution in [-0.4, -0.2) is 9.55 Å². The van der Waals surface area contributed by atoms with Crippen molar-refractivity contribution in [2.45, 2.75) is 130 Å². The molecule has 0 aliphatic heterocycles. The Morgan fingerprint density at radius 2 is 1.23 bits per heavy atom. The van der Waals surface area contributed by atoms with Crippen LogP contribution in [0.25, 0.3) is 0 Å². The smallest absolute Gasteiger partial charge is 0.108 e. The molecule has 174 valence electrons. The maximum atomic E-state index is 5.06. The van der Waals surface area contributed by atoms with E-state index < -0.39 is 0 Å². The van der Waals surface area contributed by atoms with Crippen LogP contribution in [0.4, 0.5) is 0 Å². The van der Waals surface area contributed by atoms with Crippen LogP contribution in [0.5, 0.6) is 0 Å². The highest BCUT2D eigenvalue weighted by molar-refractivity contribution is 5.15. The van der Waals surface area contributed by atoms with Gasteiger partial charge in [0.25, 0.3) is 0 Å². The molecule has 2 nitrogen and oxygen atoms in total. The Morgan fingerprint density at radius 3 is 1.90 bits per heavy atom. The Kier molecular flexibility index (Phi) is 14.1. The van der Waals surface area contributed by atoms with Crippen molar-refractivity contribution in [1.82, 2.24) is 9.55 Å². The van der Waals surface area contributed by atoms with Crippen LogP contribution in [0.1, 0.15) is 121 Å². The van der Waals surface area contributed by atoms with Gasteiger partial charge in [-0.05, 0) is 37.7 Å². The molecule has 0 saturated carbocycles. The van der Waals surface area contributed by atoms with Gasteiger partial charge in [-0.1, -0.05) is 115 Å². The maximum absolute atomic E-state index is 5.06. The number of unbranched alkanes of at least 4 members (excludes halogenated alkanes) is 11. The largest absolute Gasteiger partial charge is 0.335 e. The van der Waals surface area contributed by atoms with Crippen molar-refractivity contribution in [2.75, 3.05) is 0 Å². The molecule has 1 heterocycles. The molecule has 2 rings (SSSR count). The van der Waals surface area contributed by atoms with Crippen LogP contribution in [-0.2, 0) is 25.8 Å². The Hall–Kier alpha value is -1.57. The van der Waals surface area contributed by atoms with E-state index in [-0.39, 0.29) is 0 Å². The summed E-state index contributed by atoms with van der Waals surface area (Å²) in [6.07, 6.45) is 24.8. The molecule has 0 fully saturated rings. The van der Waals surface area contributed by atoms with Gasteiger partial charge in [-0.25, -0.2) is 4.98 Å². The highest BCUT2D eigenvalue weighted by Gasteiger charge is 2.08. The van der Waals surface area contributed by atoms with Crippen molar-refractivity contribution in [3.05, 3.63) is 53.6 Å². The summed E-state index contributed by atoms with van der Waals surface area (Å²) in [4.78, 5) is 5.06. The quantitative estimate of drug-likeness (QED) is 0.206. The van der Waals surface area contributed by atoms with Gasteiger partial charge in [0.15, 0.2) is 0 Å². The predicted molar refractivity (Wildman–Crippen MR) is 136 cm³/mol. The molecule has 1 aromatic heterocycles. The third-order valence-corrected chi connectivity index (χ3v) is 6.41. The summed E-state index contributed by atoms with van der Waals surface area (Å²) < 4.78 is 2.49. The van der Waals surface area contributed by atoms with Crippen LogP contribution >= 0.6 is 0 Å². The molecule has 0 aliphatic rings. The van der Waals surface area contributed by atoms with Crippen molar-refractivity contribution < 1.29 is 0 Å². The summed E-state index contributed by atoms with van der Waals surface area (Å²) in [5.41, 5.74) is 2.74. The molecule has 1 aromatic carbocycles. The van der Waals surface area contributed by atoms with Gasteiger partial charge in [-0.2, -0.15) is 0 Å². The first-order valence-corrected chi connectivity index (χ1v) is 13.4. The zero-order valence-corrected chi connectivity index (χ0v) is 20.6. The molecular formula is C29H48N2. The van der Waals surface area contributed by atoms with Crippen molar-refractivity contribution in [2.24, 2.45) is 0 Å². The standard InChI is InChI=1S/C29H48N2/c1-3-5-7-9-10-11-12-13-18-25-31-26-28(30-29(31)24-17-8-6-4-2)23-19-22-27-20-15-14-16-21-27/h14-16,20-21,26H,3-13,17-19,22-25H2,1-2H3. The lowest BCUT2D eigenvalue weighted by molar-refractivity contribution is 0.527. The van der Waals surface area contributed by atoms with Gasteiger partial charge in [-0.3, -0.25) is 0 Å². The third kappa shape index (κ3) is 11.6. The van der Waals surface area contributed by atoms with E-state index in [1.54, 1.807) is 0 Å². The van der Waals surface area contributed by atoms with Gasteiger partial charge in [0, 0.05) is 19.2 Å². The Bertz CT molecular complexity index is 659. The molecule has 2 aromatic rings. The van der Waals surface area contributed by atoms with Crippen LogP contribution < -0.4 is 0 Å². The summed E-state index contributed by atoms with van der Waals surface area (Å²) in [7, 11) is 0. The van der Waals surface area contributed by atoms with E-state index in [1.165, 1.54) is 107 Å². The van der Waals surface area contributed by atoms with E-state index in [1.807, 2.05) is 0 Å². The number of nitrogens with zero attached hydrogens (tertiary/aromatic N) is 2. The fraction of sp³-hybridized carbons (Fsp3) is 0.690. The second kappa shape index (κ2) is 17.0. The molecule has 0 radical (unpaired) electrons. The topological polar surface area (TPSA) is 17.8 Å². The summed E-state index contributed by atoms with van der Waals surface area (Å²) in [5.74, 6) is 1.34. The van der Waals surface area contributed by atoms with Crippen LogP contribution in [0.3, 0.4) is 0 Å². The predicted octanol–water partition coefficient (Wildman–Crippen LogP) is 8.71. The molecule has 0 N–H and O–H groups in total. The van der Waals surface area contributed by atoms with Crippen molar-refractivity contribution in [3.8, 4) is 0 Å². The molecule has 31 heavy (non-hydrogen) atoms. The van der Waals surface area contributed by atoms with E-state index in [4.69, 9.17) is 4.98 Å². The SMILES string of the molecule is CCCCCCCCCCCn1cc(CCCc2ccccc2)nc1CCCCCC. The van der Waals surface area contributed by atoms with E-state index in [9.17, 15) is 0 Å². The number of rotatable bonds is 19. The zero-order valence-electron chi connectivity index (χ0n) is 20.6. The van der Waals surface area contributed by atoms with Crippen molar-refractivity contribution >= 4 is 0 Å². The van der Waals surface area contributed by atoms with Gasteiger partial charge in [0.2, 0.25) is 0 Å². The van der Waals surface area contributed by atoms with E-state index >= 15 is 0 Å². The molecule has 0 bridgehead atoms. The number of hydrogen-bond acceptors (Lipinski definition) is 1. The summed E-state index contributed by atoms with van der Waals surface area (Å²) in [6, 6.07) is 10.9. The highest BCUT2D eigenvalue weighted by Crippen LogP contribution is 2.15. The molecule has 0 aliphatic carbocycles. The lowest BCUT2D eigenvalue weighted by atomic mass is 10.1. The van der Waals surface area contributed by atoms with Gasteiger partial charge >= 0.3 is 0 Å². The summed E-state index contributed by atoms with van der Waals surface area (Å²) >= 11 is 0. The first kappa shape index (κ1) is 25.7. The van der Waals surface area contributed by atoms with Crippen molar-refractivity contribution in [1.29, 1.82) is 0 Å². The lowest BCUT2D eigenvalue weighted by Crippen LogP contribution is -2.03. The lowest BCUT2D eigenvalue weighted by Gasteiger charge is -2.08. The minimum Gasteiger partial charge on any atom is -0.335 e. The first-order chi connectivity index (χ1) is 15.3. The second-order valence-corrected chi connectivity index (χ2v) is 9.32. The molecule has 0 unspecified atom stereocenters. The number of imidazole rings is 1. The zero-order chi connectivity index (χ0) is 22.0. The van der Waals surface area contributed by atoms with Crippen LogP contribution in [0.2, 0.25) is 0 Å². The average Bonchev–Trinajstić information content (AvgIpc) is 3.18. The van der Waals surface area contributed by atoms with Gasteiger partial charge in [0.1, 0.15) is 5.82 Å². The Morgan fingerprint density at radius 1 is 0.613 bits per heavy atom. The van der Waals surface area contributed by atoms with E-state index in [2.05, 4.69) is 54.9 Å². The average molecular weight is 425 g/mol. The fourth-order valence-corrected chi connectivity index (χ4v) is 4.45. The maximum Gasteiger partial charge on any atom is 0.108 e. The molecule has 0 saturated heterocycles. The molecule has 0 spiro atoms. The third-order valence-electron chi connectivity index (χ3n) is 6.41. The first-order valence-electron chi connectivity index (χ1n) is 13.4. The summed E-state index contributed by atoms with van der Waals surface area (Å²) in [6.45, 7) is 5.74. The van der Waals surface area contributed by atoms with Crippen LogP contribution in [0, 0.1) is 0 Å². The summed E-state index contributed by atoms with van der Waals surface area (Å²) in [5, 5.41) is 0. The number of aryl methyl sites for hydroxylation is 4. The Balaban J connectivity index is 1.74. The molecule has 0 amide bonds. The second-order valence-electron chi connectivity index (χ2n) is 9.32. The van der Waals surface area contributed by atoms with Gasteiger partial charge < -0.3 is 4.57 Å². The van der Waals surface area contributed by atoms with E-state index in [0.717, 1.165) is 25.8 Å². The molecule has 0 atom stereocenters. The van der Waals surface area contributed by atoms with Gasteiger partial charge in [0.05, 0.1) is 5.69 Å². The Labute approximate surface area is 192 Å². The molecule has 2 heteroatoms. The van der Waals surface area contributed by atoms with Gasteiger partial charge in [-0.15, -0.1) is 0 Å².